The minimum Gasteiger partial charge on any atom is -0.399 e. The van der Waals surface area contributed by atoms with Crippen LogP contribution in [0.2, 0.25) is 0 Å². The SMILES string of the molecule is CC1(C)OB(c2ccc(NS(=O)(=O)CCN3CCC[C@H]3CO)cc2)OC1(C)C. The van der Waals surface area contributed by atoms with E-state index >= 15 is 0 Å². The van der Waals surface area contributed by atoms with Crippen LogP contribution in [0.5, 0.6) is 0 Å². The van der Waals surface area contributed by atoms with E-state index < -0.39 is 28.3 Å². The van der Waals surface area contributed by atoms with Gasteiger partial charge in [-0.3, -0.25) is 9.62 Å². The van der Waals surface area contributed by atoms with Crippen LogP contribution in [0.15, 0.2) is 24.3 Å². The Kier molecular flexibility index (Phi) is 6.13. The van der Waals surface area contributed by atoms with Crippen molar-refractivity contribution in [2.24, 2.45) is 0 Å². The Bertz CT molecular complexity index is 766. The number of likely N-dealkylation sites (tertiary alicyclic amines) is 1. The summed E-state index contributed by atoms with van der Waals surface area (Å²) in [4.78, 5) is 2.04. The molecule has 0 spiro atoms. The van der Waals surface area contributed by atoms with Crippen LogP contribution in [0.25, 0.3) is 0 Å². The van der Waals surface area contributed by atoms with E-state index in [0.29, 0.717) is 12.2 Å². The summed E-state index contributed by atoms with van der Waals surface area (Å²) >= 11 is 0. The molecular weight excluding hydrogens is 379 g/mol. The first-order valence-electron chi connectivity index (χ1n) is 9.84. The number of benzene rings is 1. The van der Waals surface area contributed by atoms with Crippen LogP contribution in [0, 0.1) is 0 Å². The highest BCUT2D eigenvalue weighted by atomic mass is 32.2. The van der Waals surface area contributed by atoms with Crippen molar-refractivity contribution in [1.82, 2.24) is 4.90 Å². The molecule has 3 rings (SSSR count). The average Bonchev–Trinajstić information content (AvgIpc) is 3.15. The predicted octanol–water partition coefficient (Wildman–Crippen LogP) is 1.18. The second kappa shape index (κ2) is 7.95. The molecule has 7 nitrogen and oxygen atoms in total. The van der Waals surface area contributed by atoms with Gasteiger partial charge in [0.05, 0.1) is 23.6 Å². The molecule has 1 atom stereocenters. The van der Waals surface area contributed by atoms with Crippen LogP contribution < -0.4 is 10.2 Å². The maximum Gasteiger partial charge on any atom is 0.494 e. The maximum atomic E-state index is 12.4. The van der Waals surface area contributed by atoms with Crippen LogP contribution >= 0.6 is 0 Å². The summed E-state index contributed by atoms with van der Waals surface area (Å²) in [7, 11) is -3.93. The van der Waals surface area contributed by atoms with Gasteiger partial charge in [0, 0.05) is 18.3 Å². The van der Waals surface area contributed by atoms with Crippen LogP contribution in [-0.2, 0) is 19.3 Å². The highest BCUT2D eigenvalue weighted by Gasteiger charge is 2.51. The Hall–Kier alpha value is -1.13. The van der Waals surface area contributed by atoms with Crippen molar-refractivity contribution >= 4 is 28.3 Å². The standard InChI is InChI=1S/C19H31BN2O5S/c1-18(2)19(3,4)27-20(26-18)15-7-9-16(10-8-15)21-28(24,25)13-12-22-11-5-6-17(22)14-23/h7-10,17,21,23H,5-6,11-14H2,1-4H3/t17-/m0/s1. The quantitative estimate of drug-likeness (QED) is 0.657. The molecule has 0 aromatic heterocycles. The molecule has 28 heavy (non-hydrogen) atoms. The zero-order valence-corrected chi connectivity index (χ0v) is 18.0. The lowest BCUT2D eigenvalue weighted by Gasteiger charge is -2.32. The summed E-state index contributed by atoms with van der Waals surface area (Å²) in [6, 6.07) is 7.17. The summed E-state index contributed by atoms with van der Waals surface area (Å²) in [5.41, 5.74) is 0.532. The number of hydrogen-bond donors (Lipinski definition) is 2. The molecule has 0 saturated carbocycles. The molecular formula is C19H31BN2O5S. The highest BCUT2D eigenvalue weighted by molar-refractivity contribution is 7.92. The summed E-state index contributed by atoms with van der Waals surface area (Å²) in [6.07, 6.45) is 1.92. The Morgan fingerprint density at radius 1 is 1.18 bits per heavy atom. The third-order valence-electron chi connectivity index (χ3n) is 6.07. The van der Waals surface area contributed by atoms with E-state index in [0.717, 1.165) is 24.8 Å². The van der Waals surface area contributed by atoms with Crippen LogP contribution in [0.1, 0.15) is 40.5 Å². The lowest BCUT2D eigenvalue weighted by atomic mass is 9.79. The predicted molar refractivity (Wildman–Crippen MR) is 111 cm³/mol. The fourth-order valence-corrected chi connectivity index (χ4v) is 4.62. The van der Waals surface area contributed by atoms with Crippen molar-refractivity contribution in [3.8, 4) is 0 Å². The van der Waals surface area contributed by atoms with Crippen LogP contribution in [0.4, 0.5) is 5.69 Å². The second-order valence-corrected chi connectivity index (χ2v) is 10.5. The highest BCUT2D eigenvalue weighted by Crippen LogP contribution is 2.36. The zero-order chi connectivity index (χ0) is 20.6. The first-order chi connectivity index (χ1) is 13.0. The molecule has 9 heteroatoms. The number of rotatable bonds is 7. The summed E-state index contributed by atoms with van der Waals surface area (Å²) in [5.74, 6) is 0.00246. The third kappa shape index (κ3) is 4.71. The van der Waals surface area contributed by atoms with Crippen molar-refractivity contribution in [3.05, 3.63) is 24.3 Å². The van der Waals surface area contributed by atoms with Gasteiger partial charge in [0.2, 0.25) is 10.0 Å². The number of aliphatic hydroxyl groups is 1. The molecule has 2 fully saturated rings. The van der Waals surface area contributed by atoms with Gasteiger partial charge in [0.15, 0.2) is 0 Å². The van der Waals surface area contributed by atoms with Gasteiger partial charge >= 0.3 is 7.12 Å². The third-order valence-corrected chi connectivity index (χ3v) is 7.33. The van der Waals surface area contributed by atoms with E-state index in [-0.39, 0.29) is 18.4 Å². The molecule has 0 amide bonds. The molecule has 1 aromatic rings. The lowest BCUT2D eigenvalue weighted by molar-refractivity contribution is 0.00578. The maximum absolute atomic E-state index is 12.4. The molecule has 1 aromatic carbocycles. The molecule has 2 aliphatic heterocycles. The zero-order valence-electron chi connectivity index (χ0n) is 17.1. The van der Waals surface area contributed by atoms with Gasteiger partial charge in [-0.25, -0.2) is 8.42 Å². The Labute approximate surface area is 168 Å². The van der Waals surface area contributed by atoms with Gasteiger partial charge in [-0.15, -0.1) is 0 Å². The average molecular weight is 410 g/mol. The topological polar surface area (TPSA) is 88.1 Å². The first kappa shape index (κ1) is 21.6. The van der Waals surface area contributed by atoms with E-state index in [2.05, 4.69) is 4.72 Å². The number of nitrogens with zero attached hydrogens (tertiary/aromatic N) is 1. The van der Waals surface area contributed by atoms with Crippen molar-refractivity contribution < 1.29 is 22.8 Å². The lowest BCUT2D eigenvalue weighted by Crippen LogP contribution is -2.41. The molecule has 2 saturated heterocycles. The smallest absolute Gasteiger partial charge is 0.399 e. The molecule has 2 heterocycles. The number of nitrogens with one attached hydrogen (secondary N) is 1. The number of sulfonamides is 1. The Balaban J connectivity index is 1.58. The molecule has 2 N–H and O–H groups in total. The van der Waals surface area contributed by atoms with Gasteiger partial charge in [-0.1, -0.05) is 12.1 Å². The minimum absolute atomic E-state index is 0.00246. The van der Waals surface area contributed by atoms with E-state index in [4.69, 9.17) is 9.31 Å². The monoisotopic (exact) mass is 410 g/mol. The van der Waals surface area contributed by atoms with Crippen molar-refractivity contribution in [2.75, 3.05) is 30.2 Å². The van der Waals surface area contributed by atoms with Gasteiger partial charge < -0.3 is 14.4 Å². The van der Waals surface area contributed by atoms with Gasteiger partial charge in [-0.2, -0.15) is 0 Å². The largest absolute Gasteiger partial charge is 0.494 e. The molecule has 0 radical (unpaired) electrons. The van der Waals surface area contributed by atoms with E-state index in [1.807, 2.05) is 44.7 Å². The second-order valence-electron chi connectivity index (χ2n) is 8.65. The minimum atomic E-state index is -3.46. The van der Waals surface area contributed by atoms with Gasteiger partial charge in [0.25, 0.3) is 0 Å². The summed E-state index contributed by atoms with van der Waals surface area (Å²) in [5, 5.41) is 9.35. The van der Waals surface area contributed by atoms with E-state index in [9.17, 15) is 13.5 Å². The molecule has 0 unspecified atom stereocenters. The normalized spacial score (nSPS) is 24.6. The molecule has 0 bridgehead atoms. The van der Waals surface area contributed by atoms with Crippen LogP contribution in [0.3, 0.4) is 0 Å². The van der Waals surface area contributed by atoms with Gasteiger partial charge in [-0.05, 0) is 64.7 Å². The summed E-state index contributed by atoms with van der Waals surface area (Å²) < 4.78 is 39.5. The Morgan fingerprint density at radius 2 is 1.79 bits per heavy atom. The summed E-state index contributed by atoms with van der Waals surface area (Å²) in [6.45, 7) is 9.33. The van der Waals surface area contributed by atoms with Crippen LogP contribution in [-0.4, -0.2) is 68.2 Å². The molecule has 2 aliphatic rings. The molecule has 0 aliphatic carbocycles. The number of anilines is 1. The van der Waals surface area contributed by atoms with Crippen molar-refractivity contribution in [2.45, 2.75) is 57.8 Å². The van der Waals surface area contributed by atoms with Crippen molar-refractivity contribution in [3.63, 3.8) is 0 Å². The fraction of sp³-hybridized carbons (Fsp3) is 0.684. The first-order valence-corrected chi connectivity index (χ1v) is 11.5. The molecule has 156 valence electrons. The number of aliphatic hydroxyl groups excluding tert-OH is 1. The van der Waals surface area contributed by atoms with E-state index in [1.165, 1.54) is 0 Å². The number of hydrogen-bond acceptors (Lipinski definition) is 6. The fourth-order valence-electron chi connectivity index (χ4n) is 3.55. The van der Waals surface area contributed by atoms with Gasteiger partial charge in [0.1, 0.15) is 0 Å². The van der Waals surface area contributed by atoms with Crippen molar-refractivity contribution in [1.29, 1.82) is 0 Å². The van der Waals surface area contributed by atoms with E-state index in [1.54, 1.807) is 12.1 Å². The Morgan fingerprint density at radius 3 is 2.36 bits per heavy atom.